The van der Waals surface area contributed by atoms with Gasteiger partial charge >= 0.3 is 0 Å². The van der Waals surface area contributed by atoms with Crippen molar-refractivity contribution in [2.24, 2.45) is 0 Å². The summed E-state index contributed by atoms with van der Waals surface area (Å²) in [6, 6.07) is 7.80. The van der Waals surface area contributed by atoms with Crippen molar-refractivity contribution < 1.29 is 4.79 Å². The molecule has 1 amide bonds. The van der Waals surface area contributed by atoms with E-state index in [2.05, 4.69) is 26.3 Å². The van der Waals surface area contributed by atoms with Crippen molar-refractivity contribution in [1.29, 1.82) is 0 Å². The second kappa shape index (κ2) is 5.57. The van der Waals surface area contributed by atoms with Crippen LogP contribution in [-0.2, 0) is 11.3 Å². The third kappa shape index (κ3) is 3.44. The van der Waals surface area contributed by atoms with Crippen molar-refractivity contribution in [1.82, 2.24) is 9.78 Å². The molecule has 0 aliphatic heterocycles. The minimum atomic E-state index is -0.0856. The number of carbonyl (C=O) groups excluding carboxylic acids is 1. The van der Waals surface area contributed by atoms with E-state index in [1.807, 2.05) is 45.0 Å². The van der Waals surface area contributed by atoms with Crippen LogP contribution >= 0.6 is 15.9 Å². The van der Waals surface area contributed by atoms with Gasteiger partial charge < -0.3 is 5.32 Å². The van der Waals surface area contributed by atoms with Crippen molar-refractivity contribution in [2.45, 2.75) is 27.3 Å². The molecule has 1 heterocycles. The highest BCUT2D eigenvalue weighted by atomic mass is 79.9. The van der Waals surface area contributed by atoms with Crippen LogP contribution in [0.4, 0.5) is 5.69 Å². The second-order valence-corrected chi connectivity index (χ2v) is 5.47. The molecule has 5 heteroatoms. The first-order valence-electron chi connectivity index (χ1n) is 6.03. The molecule has 4 nitrogen and oxygen atoms in total. The van der Waals surface area contributed by atoms with E-state index in [-0.39, 0.29) is 12.5 Å². The van der Waals surface area contributed by atoms with E-state index in [4.69, 9.17) is 0 Å². The van der Waals surface area contributed by atoms with Gasteiger partial charge in [0.1, 0.15) is 6.54 Å². The monoisotopic (exact) mass is 321 g/mol. The standard InChI is InChI=1S/C14H16BrN3O/c1-9-4-5-12(15)13(6-9)16-14(19)8-18-11(3)7-10(2)17-18/h4-7H,8H2,1-3H3,(H,16,19). The van der Waals surface area contributed by atoms with E-state index < -0.39 is 0 Å². The molecule has 0 fully saturated rings. The van der Waals surface area contributed by atoms with E-state index in [1.165, 1.54) is 0 Å². The molecule has 1 aromatic carbocycles. The van der Waals surface area contributed by atoms with Crippen molar-refractivity contribution in [3.63, 3.8) is 0 Å². The molecule has 1 aromatic heterocycles. The Morgan fingerprint density at radius 3 is 2.68 bits per heavy atom. The summed E-state index contributed by atoms with van der Waals surface area (Å²) in [6.45, 7) is 6.07. The Morgan fingerprint density at radius 2 is 2.05 bits per heavy atom. The van der Waals surface area contributed by atoms with Gasteiger partial charge in [-0.3, -0.25) is 9.48 Å². The fourth-order valence-corrected chi connectivity index (χ4v) is 2.24. The van der Waals surface area contributed by atoms with Crippen molar-refractivity contribution in [3.8, 4) is 0 Å². The maximum absolute atomic E-state index is 12.0. The number of nitrogens with zero attached hydrogens (tertiary/aromatic N) is 2. The average Bonchev–Trinajstić information content (AvgIpc) is 2.62. The molecule has 0 atom stereocenters. The van der Waals surface area contributed by atoms with Crippen LogP contribution in [0.15, 0.2) is 28.7 Å². The number of aryl methyl sites for hydroxylation is 3. The predicted octanol–water partition coefficient (Wildman–Crippen LogP) is 3.21. The average molecular weight is 322 g/mol. The van der Waals surface area contributed by atoms with E-state index in [0.717, 1.165) is 27.1 Å². The highest BCUT2D eigenvalue weighted by Crippen LogP contribution is 2.23. The number of anilines is 1. The Bertz CT molecular complexity index is 619. The molecule has 100 valence electrons. The van der Waals surface area contributed by atoms with Crippen LogP contribution in [0.1, 0.15) is 17.0 Å². The summed E-state index contributed by atoms with van der Waals surface area (Å²) >= 11 is 3.43. The Morgan fingerprint density at radius 1 is 1.32 bits per heavy atom. The Balaban J connectivity index is 2.09. The number of benzene rings is 1. The van der Waals surface area contributed by atoms with Gasteiger partial charge in [0.15, 0.2) is 0 Å². The molecule has 0 bridgehead atoms. The molecule has 2 rings (SSSR count). The molecule has 0 aliphatic rings. The summed E-state index contributed by atoms with van der Waals surface area (Å²) in [5.41, 5.74) is 3.79. The minimum Gasteiger partial charge on any atom is -0.323 e. The fraction of sp³-hybridized carbons (Fsp3) is 0.286. The Labute approximate surface area is 120 Å². The lowest BCUT2D eigenvalue weighted by atomic mass is 10.2. The number of hydrogen-bond acceptors (Lipinski definition) is 2. The molecule has 0 saturated carbocycles. The minimum absolute atomic E-state index is 0.0856. The number of rotatable bonds is 3. The van der Waals surface area contributed by atoms with Crippen LogP contribution in [0.3, 0.4) is 0 Å². The number of aromatic nitrogens is 2. The molecule has 0 unspecified atom stereocenters. The van der Waals surface area contributed by atoms with E-state index in [0.29, 0.717) is 0 Å². The maximum Gasteiger partial charge on any atom is 0.246 e. The maximum atomic E-state index is 12.0. The number of amides is 1. The molecular formula is C14H16BrN3O. The van der Waals surface area contributed by atoms with Crippen LogP contribution in [-0.4, -0.2) is 15.7 Å². The predicted molar refractivity (Wildman–Crippen MR) is 79.2 cm³/mol. The smallest absolute Gasteiger partial charge is 0.246 e. The quantitative estimate of drug-likeness (QED) is 0.943. The SMILES string of the molecule is Cc1ccc(Br)c(NC(=O)Cn2nc(C)cc2C)c1. The normalized spacial score (nSPS) is 10.5. The van der Waals surface area contributed by atoms with Crippen LogP contribution < -0.4 is 5.32 Å². The Kier molecular flexibility index (Phi) is 4.04. The van der Waals surface area contributed by atoms with Gasteiger partial charge in [0, 0.05) is 10.2 Å². The largest absolute Gasteiger partial charge is 0.323 e. The van der Waals surface area contributed by atoms with E-state index >= 15 is 0 Å². The topological polar surface area (TPSA) is 46.9 Å². The number of carbonyl (C=O) groups is 1. The van der Waals surface area contributed by atoms with E-state index in [9.17, 15) is 4.79 Å². The lowest BCUT2D eigenvalue weighted by Gasteiger charge is -2.09. The first-order chi connectivity index (χ1) is 8.95. The van der Waals surface area contributed by atoms with Crippen LogP contribution in [0.5, 0.6) is 0 Å². The lowest BCUT2D eigenvalue weighted by Crippen LogP contribution is -2.20. The molecule has 2 aromatic rings. The Hall–Kier alpha value is -1.62. The van der Waals surface area contributed by atoms with Gasteiger partial charge in [0.05, 0.1) is 11.4 Å². The molecule has 19 heavy (non-hydrogen) atoms. The van der Waals surface area contributed by atoms with Crippen molar-refractivity contribution in [2.75, 3.05) is 5.32 Å². The van der Waals surface area contributed by atoms with Gasteiger partial charge in [-0.2, -0.15) is 5.10 Å². The first-order valence-corrected chi connectivity index (χ1v) is 6.82. The van der Waals surface area contributed by atoms with Crippen molar-refractivity contribution >= 4 is 27.5 Å². The summed E-state index contributed by atoms with van der Waals surface area (Å²) < 4.78 is 2.58. The zero-order valence-electron chi connectivity index (χ0n) is 11.2. The lowest BCUT2D eigenvalue weighted by molar-refractivity contribution is -0.116. The van der Waals surface area contributed by atoms with Crippen LogP contribution in [0.25, 0.3) is 0 Å². The number of nitrogens with one attached hydrogen (secondary N) is 1. The van der Waals surface area contributed by atoms with Crippen LogP contribution in [0, 0.1) is 20.8 Å². The van der Waals surface area contributed by atoms with E-state index in [1.54, 1.807) is 4.68 Å². The molecule has 1 N–H and O–H groups in total. The molecule has 0 radical (unpaired) electrons. The second-order valence-electron chi connectivity index (χ2n) is 4.62. The summed E-state index contributed by atoms with van der Waals surface area (Å²) in [5.74, 6) is -0.0856. The third-order valence-electron chi connectivity index (χ3n) is 2.79. The number of hydrogen-bond donors (Lipinski definition) is 1. The van der Waals surface area contributed by atoms with Gasteiger partial charge in [0.25, 0.3) is 0 Å². The molecule has 0 spiro atoms. The zero-order valence-corrected chi connectivity index (χ0v) is 12.8. The highest BCUT2D eigenvalue weighted by molar-refractivity contribution is 9.10. The van der Waals surface area contributed by atoms with Crippen molar-refractivity contribution in [3.05, 3.63) is 45.7 Å². The number of halogens is 1. The first kappa shape index (κ1) is 13.8. The molecule has 0 saturated heterocycles. The highest BCUT2D eigenvalue weighted by Gasteiger charge is 2.09. The van der Waals surface area contributed by atoms with Gasteiger partial charge in [-0.25, -0.2) is 0 Å². The van der Waals surface area contributed by atoms with Gasteiger partial charge in [0.2, 0.25) is 5.91 Å². The summed E-state index contributed by atoms with van der Waals surface area (Å²) in [4.78, 5) is 12.0. The van der Waals surface area contributed by atoms with Crippen LogP contribution in [0.2, 0.25) is 0 Å². The zero-order chi connectivity index (χ0) is 14.0. The van der Waals surface area contributed by atoms with Gasteiger partial charge in [-0.05, 0) is 60.5 Å². The fourth-order valence-electron chi connectivity index (χ4n) is 1.90. The third-order valence-corrected chi connectivity index (χ3v) is 3.48. The van der Waals surface area contributed by atoms with Gasteiger partial charge in [-0.1, -0.05) is 6.07 Å². The summed E-state index contributed by atoms with van der Waals surface area (Å²) in [5, 5.41) is 7.17. The summed E-state index contributed by atoms with van der Waals surface area (Å²) in [6.07, 6.45) is 0. The van der Waals surface area contributed by atoms with Gasteiger partial charge in [-0.15, -0.1) is 0 Å². The molecular weight excluding hydrogens is 306 g/mol. The molecule has 0 aliphatic carbocycles. The summed E-state index contributed by atoms with van der Waals surface area (Å²) in [7, 11) is 0.